The Morgan fingerprint density at radius 1 is 0.543 bits per heavy atom. The van der Waals surface area contributed by atoms with E-state index in [0.29, 0.717) is 0 Å². The summed E-state index contributed by atoms with van der Waals surface area (Å²) in [6.45, 7) is 3.99. The molecule has 1 aromatic heterocycles. The Morgan fingerprint density at radius 2 is 1.14 bits per heavy atom. The Kier molecular flexibility index (Phi) is 5.08. The zero-order valence-electron chi connectivity index (χ0n) is 19.8. The number of aromatic nitrogens is 1. The van der Waals surface area contributed by atoms with Crippen molar-refractivity contribution in [2.75, 3.05) is 0 Å². The van der Waals surface area contributed by atoms with Crippen molar-refractivity contribution in [3.8, 4) is 16.8 Å². The summed E-state index contributed by atoms with van der Waals surface area (Å²) in [6.07, 6.45) is 0. The molecule has 5 aromatic carbocycles. The molecule has 1 heterocycles. The lowest BCUT2D eigenvalue weighted by molar-refractivity contribution is 0.103. The first-order chi connectivity index (χ1) is 17.1. The summed E-state index contributed by atoms with van der Waals surface area (Å²) in [4.78, 5) is 13.4. The predicted octanol–water partition coefficient (Wildman–Crippen LogP) is 8.30. The molecule has 0 radical (unpaired) electrons. The first-order valence-electron chi connectivity index (χ1n) is 11.9. The topological polar surface area (TPSA) is 22.0 Å². The minimum absolute atomic E-state index is 0.0704. The van der Waals surface area contributed by atoms with Crippen LogP contribution in [0.5, 0.6) is 0 Å². The standard InChI is InChI=1S/C33H25NO/c1-22-10-3-4-13-27(22)33(35)30-21-25(19-18-23(30)2)24-11-9-12-26(20-24)34-31-16-7-5-14-28(31)29-15-6-8-17-32(29)34/h3-21H,1-2H3. The fraction of sp³-hybridized carbons (Fsp3) is 0.0606. The van der Waals surface area contributed by atoms with E-state index in [1.165, 1.54) is 21.8 Å². The average molecular weight is 452 g/mol. The number of hydrogen-bond donors (Lipinski definition) is 0. The number of para-hydroxylation sites is 2. The molecule has 0 bridgehead atoms. The van der Waals surface area contributed by atoms with Crippen molar-refractivity contribution < 1.29 is 4.79 Å². The van der Waals surface area contributed by atoms with Crippen LogP contribution in [-0.4, -0.2) is 10.4 Å². The lowest BCUT2D eigenvalue weighted by Gasteiger charge is -2.13. The normalized spacial score (nSPS) is 11.3. The van der Waals surface area contributed by atoms with Gasteiger partial charge in [0.25, 0.3) is 0 Å². The number of ketones is 1. The zero-order valence-corrected chi connectivity index (χ0v) is 19.8. The molecule has 0 aliphatic heterocycles. The van der Waals surface area contributed by atoms with Crippen molar-refractivity contribution in [2.45, 2.75) is 13.8 Å². The molecule has 35 heavy (non-hydrogen) atoms. The van der Waals surface area contributed by atoms with Crippen molar-refractivity contribution >= 4 is 27.6 Å². The highest BCUT2D eigenvalue weighted by Crippen LogP contribution is 2.33. The van der Waals surface area contributed by atoms with E-state index in [9.17, 15) is 4.79 Å². The van der Waals surface area contributed by atoms with Gasteiger partial charge in [-0.25, -0.2) is 0 Å². The van der Waals surface area contributed by atoms with Crippen LogP contribution in [-0.2, 0) is 0 Å². The smallest absolute Gasteiger partial charge is 0.193 e. The highest BCUT2D eigenvalue weighted by atomic mass is 16.1. The lowest BCUT2D eigenvalue weighted by Crippen LogP contribution is -2.06. The van der Waals surface area contributed by atoms with E-state index in [1.807, 2.05) is 50.2 Å². The quantitative estimate of drug-likeness (QED) is 0.247. The van der Waals surface area contributed by atoms with E-state index >= 15 is 0 Å². The van der Waals surface area contributed by atoms with E-state index < -0.39 is 0 Å². The van der Waals surface area contributed by atoms with Crippen LogP contribution in [0.15, 0.2) is 115 Å². The van der Waals surface area contributed by atoms with Gasteiger partial charge in [0, 0.05) is 27.6 Å². The molecule has 0 unspecified atom stereocenters. The molecule has 0 aliphatic rings. The number of aryl methyl sites for hydroxylation is 2. The summed E-state index contributed by atoms with van der Waals surface area (Å²) in [6, 6.07) is 39.6. The van der Waals surface area contributed by atoms with Crippen molar-refractivity contribution in [1.29, 1.82) is 0 Å². The number of rotatable bonds is 4. The molecule has 0 fully saturated rings. The summed E-state index contributed by atoms with van der Waals surface area (Å²) < 4.78 is 2.32. The summed E-state index contributed by atoms with van der Waals surface area (Å²) in [5.41, 5.74) is 9.09. The first-order valence-corrected chi connectivity index (χ1v) is 11.9. The SMILES string of the molecule is Cc1ccccc1C(=O)c1cc(-c2cccc(-n3c4ccccc4c4ccccc43)c2)ccc1C. The third-order valence-electron chi connectivity index (χ3n) is 6.89. The second kappa shape index (κ2) is 8.41. The number of hydrogen-bond acceptors (Lipinski definition) is 1. The van der Waals surface area contributed by atoms with Crippen LogP contribution in [0.2, 0.25) is 0 Å². The van der Waals surface area contributed by atoms with Gasteiger partial charge in [-0.2, -0.15) is 0 Å². The maximum atomic E-state index is 13.4. The van der Waals surface area contributed by atoms with Gasteiger partial charge in [0.15, 0.2) is 5.78 Å². The number of carbonyl (C=O) groups excluding carboxylic acids is 1. The highest BCUT2D eigenvalue weighted by molar-refractivity contribution is 6.11. The number of benzene rings is 5. The van der Waals surface area contributed by atoms with Crippen molar-refractivity contribution in [1.82, 2.24) is 4.57 Å². The van der Waals surface area contributed by atoms with Crippen LogP contribution in [0.3, 0.4) is 0 Å². The van der Waals surface area contributed by atoms with Gasteiger partial charge in [-0.15, -0.1) is 0 Å². The first kappa shape index (κ1) is 21.1. The predicted molar refractivity (Wildman–Crippen MR) is 146 cm³/mol. The van der Waals surface area contributed by atoms with Gasteiger partial charge in [0.05, 0.1) is 11.0 Å². The molecule has 0 saturated carbocycles. The second-order valence-electron chi connectivity index (χ2n) is 9.09. The Hall–Kier alpha value is -4.43. The Labute approximate surface area is 205 Å². The number of carbonyl (C=O) groups is 1. The molecule has 2 heteroatoms. The summed E-state index contributed by atoms with van der Waals surface area (Å²) in [5, 5.41) is 2.49. The monoisotopic (exact) mass is 451 g/mol. The Bertz CT molecular complexity index is 1680. The maximum Gasteiger partial charge on any atom is 0.193 e. The Balaban J connectivity index is 1.49. The fourth-order valence-corrected chi connectivity index (χ4v) is 5.04. The molecular formula is C33H25NO. The molecule has 2 nitrogen and oxygen atoms in total. The van der Waals surface area contributed by atoms with Gasteiger partial charge in [-0.05, 0) is 66.4 Å². The fourth-order valence-electron chi connectivity index (χ4n) is 5.04. The summed E-state index contributed by atoms with van der Waals surface area (Å²) in [7, 11) is 0. The molecular weight excluding hydrogens is 426 g/mol. The largest absolute Gasteiger partial charge is 0.309 e. The molecule has 6 aromatic rings. The van der Waals surface area contributed by atoms with E-state index in [2.05, 4.69) is 83.4 Å². The summed E-state index contributed by atoms with van der Waals surface area (Å²) >= 11 is 0. The molecule has 0 N–H and O–H groups in total. The summed E-state index contributed by atoms with van der Waals surface area (Å²) in [5.74, 6) is 0.0704. The van der Waals surface area contributed by atoms with Crippen LogP contribution < -0.4 is 0 Å². The molecule has 168 valence electrons. The van der Waals surface area contributed by atoms with Crippen molar-refractivity contribution in [2.24, 2.45) is 0 Å². The van der Waals surface area contributed by atoms with E-state index in [4.69, 9.17) is 0 Å². The molecule has 6 rings (SSSR count). The van der Waals surface area contributed by atoms with Gasteiger partial charge >= 0.3 is 0 Å². The Morgan fingerprint density at radius 3 is 1.86 bits per heavy atom. The second-order valence-corrected chi connectivity index (χ2v) is 9.09. The van der Waals surface area contributed by atoms with Crippen LogP contribution in [0.25, 0.3) is 38.6 Å². The van der Waals surface area contributed by atoms with Crippen molar-refractivity contribution in [3.05, 3.63) is 138 Å². The molecule has 0 saturated heterocycles. The van der Waals surface area contributed by atoms with E-state index in [1.54, 1.807) is 0 Å². The third-order valence-corrected chi connectivity index (χ3v) is 6.89. The van der Waals surface area contributed by atoms with Gasteiger partial charge in [0.2, 0.25) is 0 Å². The third kappa shape index (κ3) is 3.55. The van der Waals surface area contributed by atoms with Crippen molar-refractivity contribution in [3.63, 3.8) is 0 Å². The zero-order chi connectivity index (χ0) is 23.9. The highest BCUT2D eigenvalue weighted by Gasteiger charge is 2.16. The van der Waals surface area contributed by atoms with Crippen LogP contribution in [0.4, 0.5) is 0 Å². The van der Waals surface area contributed by atoms with Crippen LogP contribution >= 0.6 is 0 Å². The maximum absolute atomic E-state index is 13.4. The van der Waals surface area contributed by atoms with Gasteiger partial charge in [-0.3, -0.25) is 4.79 Å². The van der Waals surface area contributed by atoms with Crippen LogP contribution in [0, 0.1) is 13.8 Å². The minimum atomic E-state index is 0.0704. The number of fused-ring (bicyclic) bond motifs is 3. The van der Waals surface area contributed by atoms with E-state index in [0.717, 1.165) is 39.1 Å². The lowest BCUT2D eigenvalue weighted by atomic mass is 9.93. The van der Waals surface area contributed by atoms with Crippen LogP contribution in [0.1, 0.15) is 27.0 Å². The molecule has 0 atom stereocenters. The van der Waals surface area contributed by atoms with Gasteiger partial charge in [-0.1, -0.05) is 84.9 Å². The van der Waals surface area contributed by atoms with Gasteiger partial charge < -0.3 is 4.57 Å². The number of nitrogens with zero attached hydrogens (tertiary/aromatic N) is 1. The molecule has 0 aliphatic carbocycles. The molecule has 0 amide bonds. The minimum Gasteiger partial charge on any atom is -0.309 e. The van der Waals surface area contributed by atoms with E-state index in [-0.39, 0.29) is 5.78 Å². The average Bonchev–Trinajstić information content (AvgIpc) is 3.23. The molecule has 0 spiro atoms. The van der Waals surface area contributed by atoms with Gasteiger partial charge in [0.1, 0.15) is 0 Å².